The number of nitrogens with one attached hydrogen (secondary N) is 1. The fourth-order valence-electron chi connectivity index (χ4n) is 3.63. The molecule has 172 valence electrons. The molecular formula is C26H34N2O4. The van der Waals surface area contributed by atoms with E-state index in [1.165, 1.54) is 5.56 Å². The Morgan fingerprint density at radius 1 is 0.969 bits per heavy atom. The summed E-state index contributed by atoms with van der Waals surface area (Å²) in [5.74, 6) is 1.40. The van der Waals surface area contributed by atoms with Gasteiger partial charge >= 0.3 is 6.09 Å². The Labute approximate surface area is 190 Å². The predicted octanol–water partition coefficient (Wildman–Crippen LogP) is 4.92. The van der Waals surface area contributed by atoms with Gasteiger partial charge in [-0.05, 0) is 54.5 Å². The number of hydrogen-bond acceptors (Lipinski definition) is 4. The largest absolute Gasteiger partial charge is 0.494 e. The number of carbonyl (C=O) groups excluding carboxylic acids is 2. The van der Waals surface area contributed by atoms with Gasteiger partial charge in [0.25, 0.3) is 0 Å². The molecule has 0 atom stereocenters. The molecular weight excluding hydrogens is 404 g/mol. The summed E-state index contributed by atoms with van der Waals surface area (Å²) in [5, 5.41) is 3.08. The maximum absolute atomic E-state index is 12.3. The molecule has 0 aromatic heterocycles. The Bertz CT molecular complexity index is 867. The van der Waals surface area contributed by atoms with Crippen molar-refractivity contribution in [2.24, 2.45) is 0 Å². The fourth-order valence-corrected chi connectivity index (χ4v) is 3.63. The Morgan fingerprint density at radius 3 is 2.25 bits per heavy atom. The van der Waals surface area contributed by atoms with Crippen molar-refractivity contribution in [3.05, 3.63) is 60.2 Å². The van der Waals surface area contributed by atoms with E-state index in [0.717, 1.165) is 18.6 Å². The lowest BCUT2D eigenvalue weighted by Crippen LogP contribution is -2.47. The van der Waals surface area contributed by atoms with Gasteiger partial charge in [-0.1, -0.05) is 51.1 Å². The van der Waals surface area contributed by atoms with E-state index < -0.39 is 0 Å². The lowest BCUT2D eigenvalue weighted by molar-refractivity contribution is -0.122. The molecule has 2 amide bonds. The number of rotatable bonds is 7. The smallest absolute Gasteiger partial charge is 0.415 e. The van der Waals surface area contributed by atoms with Crippen LogP contribution in [0.15, 0.2) is 54.6 Å². The van der Waals surface area contributed by atoms with Gasteiger partial charge in [-0.2, -0.15) is 0 Å². The Kier molecular flexibility index (Phi) is 8.14. The van der Waals surface area contributed by atoms with Crippen molar-refractivity contribution in [3.63, 3.8) is 0 Å². The highest BCUT2D eigenvalue weighted by Gasteiger charge is 2.25. The average Bonchev–Trinajstić information content (AvgIpc) is 2.77. The number of likely N-dealkylation sites (tertiary alicyclic amines) is 1. The highest BCUT2D eigenvalue weighted by atomic mass is 16.6. The molecule has 1 saturated heterocycles. The third-order valence-electron chi connectivity index (χ3n) is 5.60. The van der Waals surface area contributed by atoms with Crippen LogP contribution in [-0.2, 0) is 10.2 Å². The first kappa shape index (κ1) is 23.6. The van der Waals surface area contributed by atoms with Gasteiger partial charge in [-0.3, -0.25) is 4.79 Å². The molecule has 0 spiro atoms. The lowest BCUT2D eigenvalue weighted by Gasteiger charge is -2.31. The molecule has 6 heteroatoms. The summed E-state index contributed by atoms with van der Waals surface area (Å²) < 4.78 is 11.1. The minimum absolute atomic E-state index is 0.0296. The van der Waals surface area contributed by atoms with E-state index in [1.54, 1.807) is 17.0 Å². The van der Waals surface area contributed by atoms with Crippen LogP contribution in [0.4, 0.5) is 4.79 Å². The summed E-state index contributed by atoms with van der Waals surface area (Å²) in [6, 6.07) is 17.3. The molecule has 0 saturated carbocycles. The van der Waals surface area contributed by atoms with Gasteiger partial charge in [-0.25, -0.2) is 4.79 Å². The summed E-state index contributed by atoms with van der Waals surface area (Å²) in [6.45, 7) is 8.20. The normalized spacial score (nSPS) is 14.7. The molecule has 3 rings (SSSR count). The molecule has 1 aliphatic heterocycles. The van der Waals surface area contributed by atoms with Crippen LogP contribution in [0.5, 0.6) is 11.5 Å². The average molecular weight is 439 g/mol. The first-order valence-corrected chi connectivity index (χ1v) is 11.4. The maximum Gasteiger partial charge on any atom is 0.415 e. The van der Waals surface area contributed by atoms with Crippen LogP contribution in [0, 0.1) is 0 Å². The van der Waals surface area contributed by atoms with Gasteiger partial charge in [0.05, 0.1) is 6.61 Å². The molecule has 2 aromatic rings. The SMILES string of the molecule is CC(C)(C)c1ccc(OCCCC(=O)NC2CCN(C(=O)Oc3ccccc3)CC2)cc1. The summed E-state index contributed by atoms with van der Waals surface area (Å²) >= 11 is 0. The number of amides is 2. The molecule has 0 unspecified atom stereocenters. The monoisotopic (exact) mass is 438 g/mol. The second-order valence-electron chi connectivity index (χ2n) is 9.24. The first-order valence-electron chi connectivity index (χ1n) is 11.4. The van der Waals surface area contributed by atoms with Gasteiger partial charge in [0.1, 0.15) is 11.5 Å². The van der Waals surface area contributed by atoms with Gasteiger partial charge in [-0.15, -0.1) is 0 Å². The minimum atomic E-state index is -0.339. The molecule has 32 heavy (non-hydrogen) atoms. The van der Waals surface area contributed by atoms with Crippen molar-refractivity contribution < 1.29 is 19.1 Å². The van der Waals surface area contributed by atoms with E-state index in [4.69, 9.17) is 9.47 Å². The molecule has 2 aromatic carbocycles. The van der Waals surface area contributed by atoms with Gasteiger partial charge in [0.15, 0.2) is 0 Å². The quantitative estimate of drug-likeness (QED) is 0.623. The number of carbonyl (C=O) groups is 2. The number of para-hydroxylation sites is 1. The van der Waals surface area contributed by atoms with Crippen LogP contribution < -0.4 is 14.8 Å². The van der Waals surface area contributed by atoms with E-state index in [1.807, 2.05) is 30.3 Å². The zero-order chi connectivity index (χ0) is 23.0. The van der Waals surface area contributed by atoms with Crippen LogP contribution in [0.2, 0.25) is 0 Å². The highest BCUT2D eigenvalue weighted by Crippen LogP contribution is 2.24. The fraction of sp³-hybridized carbons (Fsp3) is 0.462. The number of hydrogen-bond donors (Lipinski definition) is 1. The molecule has 6 nitrogen and oxygen atoms in total. The molecule has 1 fully saturated rings. The van der Waals surface area contributed by atoms with Gasteiger partial charge < -0.3 is 19.7 Å². The van der Waals surface area contributed by atoms with Crippen LogP contribution in [-0.4, -0.2) is 42.6 Å². The van der Waals surface area contributed by atoms with Crippen molar-refractivity contribution in [1.82, 2.24) is 10.2 Å². The predicted molar refractivity (Wildman–Crippen MR) is 125 cm³/mol. The number of benzene rings is 2. The van der Waals surface area contributed by atoms with E-state index in [9.17, 15) is 9.59 Å². The van der Waals surface area contributed by atoms with Crippen LogP contribution in [0.1, 0.15) is 52.0 Å². The minimum Gasteiger partial charge on any atom is -0.494 e. The highest BCUT2D eigenvalue weighted by molar-refractivity contribution is 5.76. The van der Waals surface area contributed by atoms with Crippen LogP contribution in [0.3, 0.4) is 0 Å². The third kappa shape index (κ3) is 7.29. The zero-order valence-corrected chi connectivity index (χ0v) is 19.3. The molecule has 1 aliphatic rings. The standard InChI is InChI=1S/C26H34N2O4/c1-26(2,3)20-11-13-22(14-12-20)31-19-7-10-24(29)27-21-15-17-28(18-16-21)25(30)32-23-8-5-4-6-9-23/h4-6,8-9,11-14,21H,7,10,15-19H2,1-3H3,(H,27,29). The van der Waals surface area contributed by atoms with Crippen LogP contribution >= 0.6 is 0 Å². The first-order chi connectivity index (χ1) is 15.3. The van der Waals surface area contributed by atoms with Crippen molar-refractivity contribution in [3.8, 4) is 11.5 Å². The van der Waals surface area contributed by atoms with Crippen molar-refractivity contribution in [2.75, 3.05) is 19.7 Å². The molecule has 1 N–H and O–H groups in total. The van der Waals surface area contributed by atoms with E-state index in [-0.39, 0.29) is 23.5 Å². The second-order valence-corrected chi connectivity index (χ2v) is 9.24. The summed E-state index contributed by atoms with van der Waals surface area (Å²) in [5.41, 5.74) is 1.39. The topological polar surface area (TPSA) is 67.9 Å². The summed E-state index contributed by atoms with van der Waals surface area (Å²) in [4.78, 5) is 26.2. The van der Waals surface area contributed by atoms with Crippen molar-refractivity contribution in [1.29, 1.82) is 0 Å². The Morgan fingerprint density at radius 2 is 1.62 bits per heavy atom. The molecule has 1 heterocycles. The van der Waals surface area contributed by atoms with Gasteiger partial charge in [0.2, 0.25) is 5.91 Å². The van der Waals surface area contributed by atoms with E-state index >= 15 is 0 Å². The summed E-state index contributed by atoms with van der Waals surface area (Å²) in [6.07, 6.45) is 2.21. The number of piperidine rings is 1. The molecule has 0 aliphatic carbocycles. The number of nitrogens with zero attached hydrogens (tertiary/aromatic N) is 1. The summed E-state index contributed by atoms with van der Waals surface area (Å²) in [7, 11) is 0. The second kappa shape index (κ2) is 11.0. The maximum atomic E-state index is 12.3. The van der Waals surface area contributed by atoms with E-state index in [2.05, 4.69) is 38.2 Å². The van der Waals surface area contributed by atoms with Crippen LogP contribution in [0.25, 0.3) is 0 Å². The van der Waals surface area contributed by atoms with Gasteiger partial charge in [0, 0.05) is 25.6 Å². The Balaban J connectivity index is 1.30. The van der Waals surface area contributed by atoms with Crippen molar-refractivity contribution >= 4 is 12.0 Å². The zero-order valence-electron chi connectivity index (χ0n) is 19.3. The van der Waals surface area contributed by atoms with E-state index in [0.29, 0.717) is 38.3 Å². The third-order valence-corrected chi connectivity index (χ3v) is 5.60. The molecule has 0 radical (unpaired) electrons. The number of ether oxygens (including phenoxy) is 2. The van der Waals surface area contributed by atoms with Crippen molar-refractivity contribution in [2.45, 2.75) is 57.9 Å². The molecule has 0 bridgehead atoms. The lowest BCUT2D eigenvalue weighted by atomic mass is 9.87. The Hall–Kier alpha value is -3.02.